The van der Waals surface area contributed by atoms with Gasteiger partial charge in [-0.05, 0) is 34.9 Å². The van der Waals surface area contributed by atoms with E-state index >= 15 is 0 Å². The van der Waals surface area contributed by atoms with E-state index in [1.54, 1.807) is 0 Å². The predicted molar refractivity (Wildman–Crippen MR) is 96.1 cm³/mol. The van der Waals surface area contributed by atoms with Crippen LogP contribution in [0.5, 0.6) is 0 Å². The number of carbonyl (C=O) groups is 1. The van der Waals surface area contributed by atoms with Crippen LogP contribution in [0.1, 0.15) is 20.8 Å². The van der Waals surface area contributed by atoms with Crippen molar-refractivity contribution in [3.8, 4) is 0 Å². The van der Waals surface area contributed by atoms with Crippen LogP contribution in [0.15, 0.2) is 0 Å². The topological polar surface area (TPSA) is 78.5 Å². The van der Waals surface area contributed by atoms with Crippen LogP contribution in [0.3, 0.4) is 0 Å². The lowest BCUT2D eigenvalue weighted by Gasteiger charge is -2.19. The number of hydrogen-bond acceptors (Lipinski definition) is 7. The summed E-state index contributed by atoms with van der Waals surface area (Å²) in [5, 5.41) is 2.62. The minimum absolute atomic E-state index is 0.409. The summed E-state index contributed by atoms with van der Waals surface area (Å²) in [7, 11) is 4.02. The Morgan fingerprint density at radius 2 is 1.24 bits per heavy atom. The Kier molecular flexibility index (Phi) is 14.8. The van der Waals surface area contributed by atoms with Crippen LogP contribution < -0.4 is 5.32 Å². The first-order chi connectivity index (χ1) is 11.8. The molecule has 150 valence electrons. The van der Waals surface area contributed by atoms with Gasteiger partial charge in [0.25, 0.3) is 0 Å². The van der Waals surface area contributed by atoms with Gasteiger partial charge < -0.3 is 33.9 Å². The Hall–Kier alpha value is -0.930. The summed E-state index contributed by atoms with van der Waals surface area (Å²) in [6, 6.07) is 0. The number of nitrogens with zero attached hydrogens (tertiary/aromatic N) is 1. The van der Waals surface area contributed by atoms with Gasteiger partial charge in [0, 0.05) is 13.1 Å². The number of ether oxygens (including phenoxy) is 5. The lowest BCUT2D eigenvalue weighted by molar-refractivity contribution is -0.00291. The van der Waals surface area contributed by atoms with Crippen molar-refractivity contribution in [1.82, 2.24) is 10.2 Å². The fourth-order valence-electron chi connectivity index (χ4n) is 1.55. The third kappa shape index (κ3) is 21.0. The minimum atomic E-state index is -0.487. The highest BCUT2D eigenvalue weighted by atomic mass is 16.6. The number of amides is 1. The number of rotatable bonds is 15. The van der Waals surface area contributed by atoms with Gasteiger partial charge in [0.15, 0.2) is 0 Å². The molecule has 0 radical (unpaired) electrons. The molecule has 0 fully saturated rings. The van der Waals surface area contributed by atoms with Gasteiger partial charge in [-0.3, -0.25) is 0 Å². The van der Waals surface area contributed by atoms with Crippen LogP contribution in [0, 0.1) is 0 Å². The number of hydrogen-bond donors (Lipinski definition) is 1. The first kappa shape index (κ1) is 24.1. The quantitative estimate of drug-likeness (QED) is 0.437. The normalized spacial score (nSPS) is 11.8. The van der Waals surface area contributed by atoms with Crippen LogP contribution >= 0.6 is 0 Å². The SMILES string of the molecule is CN(C)CCOCCOCCOCCOCCNC(=O)OC(C)(C)C. The lowest BCUT2D eigenvalue weighted by Crippen LogP contribution is -2.34. The summed E-state index contributed by atoms with van der Waals surface area (Å²) in [5.41, 5.74) is -0.487. The van der Waals surface area contributed by atoms with Gasteiger partial charge >= 0.3 is 6.09 Å². The summed E-state index contributed by atoms with van der Waals surface area (Å²) in [6.07, 6.45) is -0.435. The van der Waals surface area contributed by atoms with Gasteiger partial charge in [-0.1, -0.05) is 0 Å². The van der Waals surface area contributed by atoms with E-state index in [1.807, 2.05) is 34.9 Å². The van der Waals surface area contributed by atoms with Crippen LogP contribution in [0.2, 0.25) is 0 Å². The second-order valence-electron chi connectivity index (χ2n) is 6.68. The van der Waals surface area contributed by atoms with Crippen LogP contribution in [0.25, 0.3) is 0 Å². The molecule has 0 spiro atoms. The molecule has 0 unspecified atom stereocenters. The lowest BCUT2D eigenvalue weighted by atomic mass is 10.2. The smallest absolute Gasteiger partial charge is 0.407 e. The van der Waals surface area contributed by atoms with E-state index in [9.17, 15) is 4.79 Å². The molecule has 0 rings (SSSR count). The molecule has 1 N–H and O–H groups in total. The van der Waals surface area contributed by atoms with Crippen LogP contribution in [0.4, 0.5) is 4.79 Å². The Labute approximate surface area is 152 Å². The minimum Gasteiger partial charge on any atom is -0.444 e. The van der Waals surface area contributed by atoms with Crippen molar-refractivity contribution in [2.24, 2.45) is 0 Å². The molecule has 25 heavy (non-hydrogen) atoms. The van der Waals surface area contributed by atoms with Crippen LogP contribution in [-0.4, -0.2) is 96.6 Å². The monoisotopic (exact) mass is 364 g/mol. The molecule has 0 aliphatic rings. The summed E-state index contributed by atoms with van der Waals surface area (Å²) in [6.45, 7) is 11.1. The first-order valence-electron chi connectivity index (χ1n) is 8.74. The first-order valence-corrected chi connectivity index (χ1v) is 8.74. The Morgan fingerprint density at radius 1 is 0.800 bits per heavy atom. The summed E-state index contributed by atoms with van der Waals surface area (Å²) in [4.78, 5) is 13.4. The summed E-state index contributed by atoms with van der Waals surface area (Å²) in [5.74, 6) is 0. The van der Waals surface area contributed by atoms with Gasteiger partial charge in [-0.25, -0.2) is 4.79 Å². The maximum Gasteiger partial charge on any atom is 0.407 e. The molecule has 0 saturated heterocycles. The molecule has 0 saturated carbocycles. The third-order valence-corrected chi connectivity index (χ3v) is 2.71. The average Bonchev–Trinajstić information content (AvgIpc) is 2.49. The number of carbonyl (C=O) groups excluding carboxylic acids is 1. The largest absolute Gasteiger partial charge is 0.444 e. The predicted octanol–water partition coefficient (Wildman–Crippen LogP) is 1.14. The second kappa shape index (κ2) is 15.3. The zero-order valence-electron chi connectivity index (χ0n) is 16.5. The molecular weight excluding hydrogens is 328 g/mol. The third-order valence-electron chi connectivity index (χ3n) is 2.71. The van der Waals surface area contributed by atoms with Gasteiger partial charge in [0.2, 0.25) is 0 Å². The Morgan fingerprint density at radius 3 is 1.68 bits per heavy atom. The molecule has 0 bridgehead atoms. The van der Waals surface area contributed by atoms with Crippen molar-refractivity contribution in [2.75, 3.05) is 80.0 Å². The molecule has 0 aliphatic carbocycles. The standard InChI is InChI=1S/C17H36N2O6/c1-17(2,3)25-16(20)18-6-8-21-10-12-23-14-15-24-13-11-22-9-7-19(4)5/h6-15H2,1-5H3,(H,18,20). The highest BCUT2D eigenvalue weighted by molar-refractivity contribution is 5.67. The maximum absolute atomic E-state index is 11.4. The van der Waals surface area contributed by atoms with Gasteiger partial charge in [-0.15, -0.1) is 0 Å². The van der Waals surface area contributed by atoms with E-state index in [-0.39, 0.29) is 0 Å². The summed E-state index contributed by atoms with van der Waals surface area (Å²) < 4.78 is 26.6. The fourth-order valence-corrected chi connectivity index (χ4v) is 1.55. The molecule has 0 heterocycles. The Bertz CT molecular complexity index is 321. The number of alkyl carbamates (subject to hydrolysis) is 1. The van der Waals surface area contributed by atoms with Crippen molar-refractivity contribution < 1.29 is 28.5 Å². The Balaban J connectivity index is 3.16. The van der Waals surface area contributed by atoms with E-state index < -0.39 is 11.7 Å². The molecule has 1 amide bonds. The van der Waals surface area contributed by atoms with Gasteiger partial charge in [0.05, 0.1) is 52.9 Å². The van der Waals surface area contributed by atoms with Crippen molar-refractivity contribution >= 4 is 6.09 Å². The van der Waals surface area contributed by atoms with Crippen LogP contribution in [-0.2, 0) is 23.7 Å². The molecule has 0 aliphatic heterocycles. The van der Waals surface area contributed by atoms with E-state index in [2.05, 4.69) is 10.2 Å². The average molecular weight is 364 g/mol. The molecule has 0 aromatic rings. The molecule has 0 atom stereocenters. The maximum atomic E-state index is 11.4. The zero-order valence-corrected chi connectivity index (χ0v) is 16.5. The van der Waals surface area contributed by atoms with Gasteiger partial charge in [0.1, 0.15) is 5.60 Å². The van der Waals surface area contributed by atoms with Crippen molar-refractivity contribution in [2.45, 2.75) is 26.4 Å². The number of likely N-dealkylation sites (N-methyl/N-ethyl adjacent to an activating group) is 1. The molecule has 8 heteroatoms. The van der Waals surface area contributed by atoms with E-state index in [4.69, 9.17) is 23.7 Å². The molecule has 0 aromatic heterocycles. The fraction of sp³-hybridized carbons (Fsp3) is 0.941. The second-order valence-corrected chi connectivity index (χ2v) is 6.68. The highest BCUT2D eigenvalue weighted by Crippen LogP contribution is 2.05. The molecule has 8 nitrogen and oxygen atoms in total. The number of nitrogens with one attached hydrogen (secondary N) is 1. The van der Waals surface area contributed by atoms with E-state index in [0.717, 1.165) is 6.54 Å². The molecular formula is C17H36N2O6. The van der Waals surface area contributed by atoms with Gasteiger partial charge in [-0.2, -0.15) is 0 Å². The van der Waals surface area contributed by atoms with Crippen molar-refractivity contribution in [1.29, 1.82) is 0 Å². The van der Waals surface area contributed by atoms with E-state index in [1.165, 1.54) is 0 Å². The summed E-state index contributed by atoms with van der Waals surface area (Å²) >= 11 is 0. The highest BCUT2D eigenvalue weighted by Gasteiger charge is 2.15. The van der Waals surface area contributed by atoms with Crippen molar-refractivity contribution in [3.05, 3.63) is 0 Å². The van der Waals surface area contributed by atoms with E-state index in [0.29, 0.717) is 59.4 Å². The zero-order chi connectivity index (χ0) is 19.0. The molecule has 0 aromatic carbocycles. The van der Waals surface area contributed by atoms with Crippen molar-refractivity contribution in [3.63, 3.8) is 0 Å².